The fraction of sp³-hybridized carbons (Fsp3) is 0.833. The summed E-state index contributed by atoms with van der Waals surface area (Å²) in [7, 11) is 3.67. The van der Waals surface area contributed by atoms with Gasteiger partial charge < -0.3 is 19.9 Å². The van der Waals surface area contributed by atoms with Crippen molar-refractivity contribution >= 4 is 29.9 Å². The van der Waals surface area contributed by atoms with Crippen LogP contribution in [0, 0.1) is 18.8 Å². The second-order valence-electron chi connectivity index (χ2n) is 7.16. The van der Waals surface area contributed by atoms with E-state index in [4.69, 9.17) is 4.74 Å². The monoisotopic (exact) mass is 478 g/mol. The molecule has 1 heterocycles. The highest BCUT2D eigenvalue weighted by Crippen LogP contribution is 2.30. The molecule has 8 heteroatoms. The standard InChI is InChI=1S/C18H34N6O.HI/c1-14-6-5-7-16(12-14)8-9-19-18(20-10-11-25-4)21-13-17-23-22-15(2)24(17)3;/h14,16H,5-13H2,1-4H3,(H2,19,20,21);1H. The number of nitrogens with zero attached hydrogens (tertiary/aromatic N) is 4. The summed E-state index contributed by atoms with van der Waals surface area (Å²) in [6, 6.07) is 0. The van der Waals surface area contributed by atoms with Crippen molar-refractivity contribution in [2.24, 2.45) is 23.9 Å². The molecule has 2 rings (SSSR count). The average molecular weight is 478 g/mol. The molecule has 1 aliphatic rings. The van der Waals surface area contributed by atoms with E-state index in [1.54, 1.807) is 7.11 Å². The van der Waals surface area contributed by atoms with Crippen molar-refractivity contribution in [3.63, 3.8) is 0 Å². The van der Waals surface area contributed by atoms with E-state index >= 15 is 0 Å². The van der Waals surface area contributed by atoms with Gasteiger partial charge in [-0.05, 0) is 31.6 Å². The second kappa shape index (κ2) is 12.5. The number of hydrogen-bond donors (Lipinski definition) is 2. The summed E-state index contributed by atoms with van der Waals surface area (Å²) in [6.45, 7) is 7.18. The highest BCUT2D eigenvalue weighted by molar-refractivity contribution is 14.0. The van der Waals surface area contributed by atoms with E-state index in [2.05, 4.69) is 32.7 Å². The van der Waals surface area contributed by atoms with Crippen LogP contribution in [0.4, 0.5) is 0 Å². The summed E-state index contributed by atoms with van der Waals surface area (Å²) in [4.78, 5) is 4.65. The van der Waals surface area contributed by atoms with Crippen molar-refractivity contribution in [2.45, 2.75) is 52.5 Å². The molecule has 0 bridgehead atoms. The maximum atomic E-state index is 5.12. The Labute approximate surface area is 174 Å². The largest absolute Gasteiger partial charge is 0.383 e. The van der Waals surface area contributed by atoms with Crippen LogP contribution in [0.15, 0.2) is 4.99 Å². The first kappa shape index (κ1) is 23.1. The lowest BCUT2D eigenvalue weighted by Crippen LogP contribution is -2.40. The van der Waals surface area contributed by atoms with E-state index in [-0.39, 0.29) is 24.0 Å². The number of aliphatic imine (C=N–C) groups is 1. The Morgan fingerprint density at radius 3 is 2.69 bits per heavy atom. The van der Waals surface area contributed by atoms with E-state index in [9.17, 15) is 0 Å². The van der Waals surface area contributed by atoms with Gasteiger partial charge in [0.1, 0.15) is 12.4 Å². The molecule has 1 aromatic rings. The van der Waals surface area contributed by atoms with E-state index in [1.165, 1.54) is 32.1 Å². The Morgan fingerprint density at radius 2 is 2.04 bits per heavy atom. The van der Waals surface area contributed by atoms with E-state index in [0.717, 1.165) is 42.5 Å². The van der Waals surface area contributed by atoms with Gasteiger partial charge in [0.15, 0.2) is 11.8 Å². The lowest BCUT2D eigenvalue weighted by atomic mass is 9.81. The molecule has 2 unspecified atom stereocenters. The molecular weight excluding hydrogens is 443 g/mol. The van der Waals surface area contributed by atoms with Crippen molar-refractivity contribution in [3.8, 4) is 0 Å². The van der Waals surface area contributed by atoms with Crippen molar-refractivity contribution in [1.82, 2.24) is 25.4 Å². The van der Waals surface area contributed by atoms with Crippen LogP contribution in [0.1, 0.15) is 50.7 Å². The minimum Gasteiger partial charge on any atom is -0.383 e. The number of nitrogens with one attached hydrogen (secondary N) is 2. The second-order valence-corrected chi connectivity index (χ2v) is 7.16. The molecule has 1 aromatic heterocycles. The maximum Gasteiger partial charge on any atom is 0.191 e. The van der Waals surface area contributed by atoms with Crippen molar-refractivity contribution in [2.75, 3.05) is 26.8 Å². The van der Waals surface area contributed by atoms with E-state index in [1.807, 2.05) is 18.5 Å². The molecule has 26 heavy (non-hydrogen) atoms. The Hall–Kier alpha value is -0.900. The predicted octanol–water partition coefficient (Wildman–Crippen LogP) is 2.64. The molecule has 1 fully saturated rings. The number of ether oxygens (including phenoxy) is 1. The zero-order chi connectivity index (χ0) is 18.1. The van der Waals surface area contributed by atoms with Crippen molar-refractivity contribution in [1.29, 1.82) is 0 Å². The van der Waals surface area contributed by atoms with Gasteiger partial charge in [-0.15, -0.1) is 34.2 Å². The Morgan fingerprint density at radius 1 is 1.27 bits per heavy atom. The molecule has 1 saturated carbocycles. The van der Waals surface area contributed by atoms with Gasteiger partial charge in [-0.1, -0.05) is 26.2 Å². The summed E-state index contributed by atoms with van der Waals surface area (Å²) in [5.74, 6) is 4.32. The summed E-state index contributed by atoms with van der Waals surface area (Å²) in [5, 5.41) is 15.0. The highest BCUT2D eigenvalue weighted by atomic mass is 127. The van der Waals surface area contributed by atoms with Crippen molar-refractivity contribution < 1.29 is 4.74 Å². The molecule has 0 amide bonds. The molecule has 0 spiro atoms. The van der Waals surface area contributed by atoms with Crippen LogP contribution in [0.5, 0.6) is 0 Å². The van der Waals surface area contributed by atoms with E-state index < -0.39 is 0 Å². The fourth-order valence-corrected chi connectivity index (χ4v) is 3.40. The van der Waals surface area contributed by atoms with Gasteiger partial charge in [-0.3, -0.25) is 0 Å². The van der Waals surface area contributed by atoms with Crippen molar-refractivity contribution in [3.05, 3.63) is 11.6 Å². The Balaban J connectivity index is 0.00000338. The highest BCUT2D eigenvalue weighted by Gasteiger charge is 2.18. The minimum atomic E-state index is 0. The van der Waals surface area contributed by atoms with Crippen LogP contribution in [-0.2, 0) is 18.3 Å². The number of aromatic nitrogens is 3. The molecule has 0 aromatic carbocycles. The maximum absolute atomic E-state index is 5.12. The first-order valence-corrected chi connectivity index (χ1v) is 9.46. The summed E-state index contributed by atoms with van der Waals surface area (Å²) in [5.41, 5.74) is 0. The molecular formula is C18H35IN6O. The number of methoxy groups -OCH3 is 1. The zero-order valence-corrected chi connectivity index (χ0v) is 19.0. The van der Waals surface area contributed by atoms with Crippen LogP contribution in [0.25, 0.3) is 0 Å². The summed E-state index contributed by atoms with van der Waals surface area (Å²) >= 11 is 0. The minimum absolute atomic E-state index is 0. The Kier molecular flexibility index (Phi) is 11.1. The first-order chi connectivity index (χ1) is 12.1. The lowest BCUT2D eigenvalue weighted by Gasteiger charge is -2.26. The predicted molar refractivity (Wildman–Crippen MR) is 116 cm³/mol. The number of halogens is 1. The summed E-state index contributed by atoms with van der Waals surface area (Å²) in [6.07, 6.45) is 6.71. The lowest BCUT2D eigenvalue weighted by molar-refractivity contribution is 0.203. The summed E-state index contributed by atoms with van der Waals surface area (Å²) < 4.78 is 7.09. The van der Waals surface area contributed by atoms with Gasteiger partial charge in [0, 0.05) is 27.2 Å². The topological polar surface area (TPSA) is 76.4 Å². The van der Waals surface area contributed by atoms with Crippen LogP contribution >= 0.6 is 24.0 Å². The quantitative estimate of drug-likeness (QED) is 0.260. The fourth-order valence-electron chi connectivity index (χ4n) is 3.40. The van der Waals surface area contributed by atoms with Gasteiger partial charge in [0.05, 0.1) is 6.61 Å². The van der Waals surface area contributed by atoms with E-state index in [0.29, 0.717) is 13.2 Å². The van der Waals surface area contributed by atoms with Gasteiger partial charge in [0.25, 0.3) is 0 Å². The number of guanidine groups is 1. The normalized spacial score (nSPS) is 20.5. The molecule has 150 valence electrons. The molecule has 2 N–H and O–H groups in total. The molecule has 1 aliphatic carbocycles. The molecule has 0 saturated heterocycles. The number of hydrogen-bond acceptors (Lipinski definition) is 4. The van der Waals surface area contributed by atoms with Gasteiger partial charge in [-0.25, -0.2) is 4.99 Å². The van der Waals surface area contributed by atoms with Gasteiger partial charge >= 0.3 is 0 Å². The third-order valence-corrected chi connectivity index (χ3v) is 5.05. The molecule has 7 nitrogen and oxygen atoms in total. The van der Waals surface area contributed by atoms with Gasteiger partial charge in [-0.2, -0.15) is 0 Å². The SMILES string of the molecule is COCCNC(=NCc1nnc(C)n1C)NCCC1CCCC(C)C1.I. The Bertz CT molecular complexity index is 548. The average Bonchev–Trinajstić information content (AvgIpc) is 2.91. The molecule has 0 radical (unpaired) electrons. The van der Waals surface area contributed by atoms with Crippen LogP contribution < -0.4 is 10.6 Å². The molecule has 0 aliphatic heterocycles. The number of rotatable bonds is 8. The number of aryl methyl sites for hydroxylation is 1. The molecule has 2 atom stereocenters. The van der Waals surface area contributed by atoms with Crippen LogP contribution in [0.2, 0.25) is 0 Å². The van der Waals surface area contributed by atoms with Crippen LogP contribution in [-0.4, -0.2) is 47.5 Å². The smallest absolute Gasteiger partial charge is 0.191 e. The van der Waals surface area contributed by atoms with Crippen LogP contribution in [0.3, 0.4) is 0 Å². The zero-order valence-electron chi connectivity index (χ0n) is 16.6. The van der Waals surface area contributed by atoms with Gasteiger partial charge in [0.2, 0.25) is 0 Å². The third-order valence-electron chi connectivity index (χ3n) is 5.05. The third kappa shape index (κ3) is 7.77. The first-order valence-electron chi connectivity index (χ1n) is 9.46.